The first-order chi connectivity index (χ1) is 7.59. The molecule has 4 heteroatoms. The van der Waals surface area contributed by atoms with Crippen LogP contribution >= 0.6 is 0 Å². The molecule has 2 rings (SSSR count). The van der Waals surface area contributed by atoms with E-state index >= 15 is 0 Å². The summed E-state index contributed by atoms with van der Waals surface area (Å²) in [5.41, 5.74) is 3.40. The van der Waals surface area contributed by atoms with Crippen LogP contribution in [0, 0.1) is 13.8 Å². The van der Waals surface area contributed by atoms with Crippen LogP contribution in [-0.4, -0.2) is 10.5 Å². The second-order valence-corrected chi connectivity index (χ2v) is 4.07. The molecule has 0 aliphatic carbocycles. The largest absolute Gasteiger partial charge is 1.00 e. The number of fused-ring (bicyclic) bond motifs is 1. The first-order valence-corrected chi connectivity index (χ1v) is 5.35. The Bertz CT molecular complexity index is 546. The average molecular weight is 239 g/mol. The SMILES string of the molecule is Cc1cccc2c1cc(C)n2CCC(=O)[O-].[Na+]. The predicted octanol–water partition coefficient (Wildman–Crippen LogP) is -1.60. The van der Waals surface area contributed by atoms with Crippen LogP contribution in [0.1, 0.15) is 17.7 Å². The number of hydrogen-bond acceptors (Lipinski definition) is 2. The van der Waals surface area contributed by atoms with Crippen molar-refractivity contribution in [3.8, 4) is 0 Å². The van der Waals surface area contributed by atoms with Gasteiger partial charge in [0, 0.05) is 35.5 Å². The molecule has 1 aromatic carbocycles. The van der Waals surface area contributed by atoms with Crippen molar-refractivity contribution in [2.75, 3.05) is 0 Å². The van der Waals surface area contributed by atoms with Crippen LogP contribution in [-0.2, 0) is 11.3 Å². The molecular formula is C13H14NNaO2. The van der Waals surface area contributed by atoms with Gasteiger partial charge in [-0.05, 0) is 31.5 Å². The van der Waals surface area contributed by atoms with Crippen LogP contribution < -0.4 is 34.7 Å². The number of carbonyl (C=O) groups is 1. The van der Waals surface area contributed by atoms with Crippen molar-refractivity contribution >= 4 is 16.9 Å². The quantitative estimate of drug-likeness (QED) is 0.606. The van der Waals surface area contributed by atoms with Gasteiger partial charge in [0.05, 0.1) is 0 Å². The van der Waals surface area contributed by atoms with E-state index in [-0.39, 0.29) is 36.0 Å². The fraction of sp³-hybridized carbons (Fsp3) is 0.308. The molecule has 0 unspecified atom stereocenters. The first kappa shape index (κ1) is 14.3. The van der Waals surface area contributed by atoms with Gasteiger partial charge in [0.2, 0.25) is 0 Å². The fourth-order valence-corrected chi connectivity index (χ4v) is 2.07. The normalized spacial score (nSPS) is 10.2. The van der Waals surface area contributed by atoms with Gasteiger partial charge in [-0.2, -0.15) is 0 Å². The number of nitrogens with zero attached hydrogens (tertiary/aromatic N) is 1. The number of carboxylic acids is 1. The predicted molar refractivity (Wildman–Crippen MR) is 61.0 cm³/mol. The van der Waals surface area contributed by atoms with Gasteiger partial charge >= 0.3 is 29.6 Å². The molecular weight excluding hydrogens is 225 g/mol. The maximum absolute atomic E-state index is 10.5. The monoisotopic (exact) mass is 239 g/mol. The van der Waals surface area contributed by atoms with Gasteiger partial charge in [0.15, 0.2) is 0 Å². The summed E-state index contributed by atoms with van der Waals surface area (Å²) in [6, 6.07) is 8.17. The Labute approximate surface area is 123 Å². The van der Waals surface area contributed by atoms with E-state index in [0.29, 0.717) is 6.54 Å². The average Bonchev–Trinajstić information content (AvgIpc) is 2.53. The third-order valence-corrected chi connectivity index (χ3v) is 2.91. The minimum Gasteiger partial charge on any atom is -0.550 e. The molecule has 0 aliphatic heterocycles. The number of hydrogen-bond donors (Lipinski definition) is 0. The Kier molecular flexibility index (Phi) is 4.80. The standard InChI is InChI=1S/C13H15NO2.Na/c1-9-4-3-5-12-11(9)8-10(2)14(12)7-6-13(15)16;/h3-5,8H,6-7H2,1-2H3,(H,15,16);/q;+1/p-1. The van der Waals surface area contributed by atoms with Crippen molar-refractivity contribution in [2.45, 2.75) is 26.8 Å². The second-order valence-electron chi connectivity index (χ2n) is 4.07. The number of carboxylic acid groups (broad SMARTS) is 1. The number of rotatable bonds is 3. The Hall–Kier alpha value is -0.770. The number of benzene rings is 1. The summed E-state index contributed by atoms with van der Waals surface area (Å²) in [7, 11) is 0. The van der Waals surface area contributed by atoms with Gasteiger partial charge in [-0.3, -0.25) is 0 Å². The van der Waals surface area contributed by atoms with Crippen LogP contribution in [0.4, 0.5) is 0 Å². The first-order valence-electron chi connectivity index (χ1n) is 5.35. The van der Waals surface area contributed by atoms with Crippen LogP contribution in [0.25, 0.3) is 10.9 Å². The summed E-state index contributed by atoms with van der Waals surface area (Å²) in [6.07, 6.45) is 0.0541. The zero-order valence-electron chi connectivity index (χ0n) is 10.5. The topological polar surface area (TPSA) is 45.1 Å². The minimum atomic E-state index is -1.01. The van der Waals surface area contributed by atoms with E-state index < -0.39 is 5.97 Å². The molecule has 17 heavy (non-hydrogen) atoms. The zero-order valence-corrected chi connectivity index (χ0v) is 12.5. The van der Waals surface area contributed by atoms with Crippen LogP contribution in [0.5, 0.6) is 0 Å². The van der Waals surface area contributed by atoms with Gasteiger partial charge < -0.3 is 14.5 Å². The molecule has 0 saturated heterocycles. The van der Waals surface area contributed by atoms with Crippen molar-refractivity contribution in [2.24, 2.45) is 0 Å². The summed E-state index contributed by atoms with van der Waals surface area (Å²) < 4.78 is 2.03. The van der Waals surface area contributed by atoms with Crippen LogP contribution in [0.15, 0.2) is 24.3 Å². The van der Waals surface area contributed by atoms with E-state index in [1.165, 1.54) is 10.9 Å². The molecule has 0 amide bonds. The molecule has 0 aliphatic rings. The number of aliphatic carboxylic acids is 1. The van der Waals surface area contributed by atoms with Gasteiger partial charge in [0.25, 0.3) is 0 Å². The molecule has 0 spiro atoms. The van der Waals surface area contributed by atoms with Crippen molar-refractivity contribution in [1.82, 2.24) is 4.57 Å². The molecule has 1 heterocycles. The number of aromatic nitrogens is 1. The van der Waals surface area contributed by atoms with E-state index in [4.69, 9.17) is 0 Å². The summed E-state index contributed by atoms with van der Waals surface area (Å²) in [5.74, 6) is -1.01. The summed E-state index contributed by atoms with van der Waals surface area (Å²) in [5, 5.41) is 11.7. The number of aryl methyl sites for hydroxylation is 3. The van der Waals surface area contributed by atoms with Crippen LogP contribution in [0.3, 0.4) is 0 Å². The molecule has 0 radical (unpaired) electrons. The molecule has 1 aromatic heterocycles. The molecule has 0 fully saturated rings. The molecule has 2 aromatic rings. The third-order valence-electron chi connectivity index (χ3n) is 2.91. The molecule has 84 valence electrons. The zero-order chi connectivity index (χ0) is 11.7. The van der Waals surface area contributed by atoms with E-state index in [1.807, 2.05) is 23.6 Å². The Morgan fingerprint density at radius 3 is 2.71 bits per heavy atom. The van der Waals surface area contributed by atoms with Crippen molar-refractivity contribution in [3.63, 3.8) is 0 Å². The van der Waals surface area contributed by atoms with E-state index in [9.17, 15) is 9.90 Å². The molecule has 0 bridgehead atoms. The van der Waals surface area contributed by atoms with Crippen molar-refractivity contribution in [3.05, 3.63) is 35.5 Å². The maximum Gasteiger partial charge on any atom is 1.00 e. The third kappa shape index (κ3) is 2.92. The van der Waals surface area contributed by atoms with Gasteiger partial charge in [-0.15, -0.1) is 0 Å². The van der Waals surface area contributed by atoms with E-state index in [2.05, 4.69) is 19.1 Å². The number of carbonyl (C=O) groups excluding carboxylic acids is 1. The molecule has 0 atom stereocenters. The molecule has 0 N–H and O–H groups in total. The second kappa shape index (κ2) is 5.71. The van der Waals surface area contributed by atoms with Gasteiger partial charge in [-0.25, -0.2) is 0 Å². The molecule has 0 saturated carbocycles. The summed E-state index contributed by atoms with van der Waals surface area (Å²) >= 11 is 0. The fourth-order valence-electron chi connectivity index (χ4n) is 2.07. The van der Waals surface area contributed by atoms with Crippen molar-refractivity contribution < 1.29 is 39.5 Å². The van der Waals surface area contributed by atoms with E-state index in [1.54, 1.807) is 0 Å². The summed E-state index contributed by atoms with van der Waals surface area (Å²) in [6.45, 7) is 4.53. The maximum atomic E-state index is 10.5. The minimum absolute atomic E-state index is 0. The van der Waals surface area contributed by atoms with Gasteiger partial charge in [0.1, 0.15) is 0 Å². The van der Waals surface area contributed by atoms with Crippen molar-refractivity contribution in [1.29, 1.82) is 0 Å². The Morgan fingerprint density at radius 1 is 1.35 bits per heavy atom. The van der Waals surface area contributed by atoms with Gasteiger partial charge in [-0.1, -0.05) is 12.1 Å². The smallest absolute Gasteiger partial charge is 0.550 e. The molecule has 3 nitrogen and oxygen atoms in total. The van der Waals surface area contributed by atoms with Crippen LogP contribution in [0.2, 0.25) is 0 Å². The summed E-state index contributed by atoms with van der Waals surface area (Å²) in [4.78, 5) is 10.5. The van der Waals surface area contributed by atoms with E-state index in [0.717, 1.165) is 11.2 Å². The Morgan fingerprint density at radius 2 is 2.06 bits per heavy atom. The Balaban J connectivity index is 0.00000144.